The van der Waals surface area contributed by atoms with Crippen LogP contribution in [0.2, 0.25) is 0 Å². The van der Waals surface area contributed by atoms with E-state index in [1.165, 1.54) is 0 Å². The van der Waals surface area contributed by atoms with Gasteiger partial charge in [0.25, 0.3) is 0 Å². The van der Waals surface area contributed by atoms with Gasteiger partial charge in [0.1, 0.15) is 11.5 Å². The Hall–Kier alpha value is -11.5. The van der Waals surface area contributed by atoms with Crippen LogP contribution < -0.4 is 4.74 Å². The number of Topliss-reactive ketones (excluding diaryl/α,β-unsaturated/α-hetero) is 2. The Morgan fingerprint density at radius 1 is 0.298 bits per heavy atom. The molecule has 0 fully saturated rings. The number of allylic oxidation sites excluding steroid dienone is 5. The van der Waals surface area contributed by atoms with E-state index < -0.39 is 0 Å². The quantitative estimate of drug-likeness (QED) is 0.0696. The van der Waals surface area contributed by atoms with Gasteiger partial charge in [0.2, 0.25) is 0 Å². The number of benzene rings is 11. The molecule has 3 heteroatoms. The molecule has 0 bridgehead atoms. The second-order valence-electron chi connectivity index (χ2n) is 20.1. The van der Waals surface area contributed by atoms with Gasteiger partial charge < -0.3 is 4.74 Å². The number of rotatable bonds is 12. The van der Waals surface area contributed by atoms with E-state index in [9.17, 15) is 4.79 Å². The lowest BCUT2D eigenvalue weighted by Gasteiger charge is -2.18. The van der Waals surface area contributed by atoms with Gasteiger partial charge in [-0.3, -0.25) is 9.59 Å². The largest absolute Gasteiger partial charge is 0.457 e. The summed E-state index contributed by atoms with van der Waals surface area (Å²) >= 11 is 0. The minimum atomic E-state index is -0.0752. The normalized spacial score (nSPS) is 12.0. The fourth-order valence-corrected chi connectivity index (χ4v) is 10.5. The molecule has 0 amide bonds. The average Bonchev–Trinajstić information content (AvgIpc) is 1.97. The average molecular weight is 1070 g/mol. The van der Waals surface area contributed by atoms with Gasteiger partial charge in [0.05, 0.1) is 0 Å². The molecule has 0 radical (unpaired) electrons. The van der Waals surface area contributed by atoms with E-state index in [-0.39, 0.29) is 18.0 Å². The zero-order chi connectivity index (χ0) is 56.9. The van der Waals surface area contributed by atoms with Crippen molar-refractivity contribution in [2.24, 2.45) is 0 Å². The monoisotopic (exact) mass is 1070 g/mol. The van der Waals surface area contributed by atoms with E-state index in [0.717, 1.165) is 94.6 Å². The summed E-state index contributed by atoms with van der Waals surface area (Å²) in [7, 11) is 0. The van der Waals surface area contributed by atoms with Gasteiger partial charge >= 0.3 is 0 Å². The smallest absolute Gasteiger partial charge is 0.195 e. The number of ether oxygens (including phenoxy) is 1. The third kappa shape index (κ3) is 12.4. The van der Waals surface area contributed by atoms with Crippen molar-refractivity contribution in [3.05, 3.63) is 381 Å². The Kier molecular flexibility index (Phi) is 16.0. The van der Waals surface area contributed by atoms with Crippen LogP contribution in [0.4, 0.5) is 0 Å². The Labute approximate surface area is 491 Å². The number of hydrogen-bond acceptors (Lipinski definition) is 3. The maximum absolute atomic E-state index is 15.4. The molecule has 0 aromatic heterocycles. The predicted molar refractivity (Wildman–Crippen MR) is 342 cm³/mol. The van der Waals surface area contributed by atoms with Gasteiger partial charge in [0, 0.05) is 73.2 Å². The molecule has 0 N–H and O–H groups in total. The number of hydrogen-bond donors (Lipinski definition) is 0. The molecule has 0 atom stereocenters. The van der Waals surface area contributed by atoms with Crippen LogP contribution in [0.15, 0.2) is 303 Å². The van der Waals surface area contributed by atoms with E-state index in [1.807, 2.05) is 291 Å². The fourth-order valence-electron chi connectivity index (χ4n) is 10.5. The number of carbonyl (C=O) groups excluding carboxylic acids is 2. The Balaban J connectivity index is 0.934. The Morgan fingerprint density at radius 2 is 0.643 bits per heavy atom. The molecular weight excluding hydrogens is 1020 g/mol. The van der Waals surface area contributed by atoms with Gasteiger partial charge in [-0.1, -0.05) is 248 Å². The van der Waals surface area contributed by atoms with Crippen LogP contribution in [0.3, 0.4) is 0 Å². The molecule has 12 rings (SSSR count). The van der Waals surface area contributed by atoms with Crippen molar-refractivity contribution < 1.29 is 14.3 Å². The highest BCUT2D eigenvalue weighted by atomic mass is 16.5. The van der Waals surface area contributed by atoms with Crippen LogP contribution in [-0.4, -0.2) is 11.6 Å². The van der Waals surface area contributed by atoms with E-state index in [2.05, 4.69) is 47.7 Å². The van der Waals surface area contributed by atoms with Crippen LogP contribution in [0.5, 0.6) is 11.5 Å². The lowest BCUT2D eigenvalue weighted by molar-refractivity contribution is -0.113. The van der Waals surface area contributed by atoms with Gasteiger partial charge in [-0.05, 0) is 136 Å². The lowest BCUT2D eigenvalue weighted by Crippen LogP contribution is -2.09. The molecule has 0 spiro atoms. The molecule has 11 aromatic carbocycles. The number of ketones is 2. The molecule has 394 valence electrons. The van der Waals surface area contributed by atoms with Gasteiger partial charge in [-0.15, -0.1) is 0 Å². The second-order valence-corrected chi connectivity index (χ2v) is 20.1. The zero-order valence-corrected chi connectivity index (χ0v) is 45.8. The first-order chi connectivity index (χ1) is 41.5. The van der Waals surface area contributed by atoms with Crippen molar-refractivity contribution in [1.82, 2.24) is 0 Å². The molecule has 0 aliphatic heterocycles. The molecule has 0 saturated heterocycles. The summed E-state index contributed by atoms with van der Waals surface area (Å²) in [6.45, 7) is 0. The molecule has 0 unspecified atom stereocenters. The molecule has 0 saturated carbocycles. The van der Waals surface area contributed by atoms with E-state index in [0.29, 0.717) is 28.2 Å². The van der Waals surface area contributed by atoms with E-state index in [1.54, 1.807) is 0 Å². The minimum Gasteiger partial charge on any atom is -0.457 e. The summed E-state index contributed by atoms with van der Waals surface area (Å²) in [5.74, 6) is 21.3. The zero-order valence-electron chi connectivity index (χ0n) is 45.8. The standard InChI is InChI=1S/C81H52O3/c82-74(57-62-28-14-4-15-29-62)76(65-30-16-5-17-31-65)75(68-44-42-61(43-45-68)37-36-58-22-8-1-9-23-58)69-46-50-72(51-47-69)84-73-52-48-70(49-53-73)77-78(80(67-34-20-7-21-35-67)81(83)79(77)66-32-18-6-19-33-66)71-55-63(40-38-59-24-10-2-11-25-59)54-64(56-71)41-39-60-26-12-3-13-27-60/h1-35,42-56H,57H2/b76-75-. The van der Waals surface area contributed by atoms with Crippen molar-refractivity contribution in [3.8, 4) is 47.0 Å². The van der Waals surface area contributed by atoms with Gasteiger partial charge in [0.15, 0.2) is 11.6 Å². The van der Waals surface area contributed by atoms with Crippen LogP contribution in [0.1, 0.15) is 77.9 Å². The van der Waals surface area contributed by atoms with Crippen molar-refractivity contribution in [1.29, 1.82) is 0 Å². The first-order valence-electron chi connectivity index (χ1n) is 27.8. The molecule has 0 heterocycles. The predicted octanol–water partition coefficient (Wildman–Crippen LogP) is 17.6. The van der Waals surface area contributed by atoms with Crippen molar-refractivity contribution >= 4 is 45.0 Å². The topological polar surface area (TPSA) is 43.4 Å². The molecule has 84 heavy (non-hydrogen) atoms. The van der Waals surface area contributed by atoms with Gasteiger partial charge in [-0.25, -0.2) is 0 Å². The van der Waals surface area contributed by atoms with Gasteiger partial charge in [-0.2, -0.15) is 0 Å². The highest BCUT2D eigenvalue weighted by Gasteiger charge is 2.36. The highest BCUT2D eigenvalue weighted by molar-refractivity contribution is 6.59. The van der Waals surface area contributed by atoms with Crippen molar-refractivity contribution in [2.45, 2.75) is 6.42 Å². The maximum atomic E-state index is 15.4. The Bertz CT molecular complexity index is 4400. The minimum absolute atomic E-state index is 0.000709. The first-order valence-corrected chi connectivity index (χ1v) is 27.8. The number of carbonyl (C=O) groups is 2. The third-order valence-corrected chi connectivity index (χ3v) is 14.4. The summed E-state index contributed by atoms with van der Waals surface area (Å²) in [5.41, 5.74) is 16.1. The summed E-state index contributed by atoms with van der Waals surface area (Å²) in [6, 6.07) is 99.5. The van der Waals surface area contributed by atoms with Crippen molar-refractivity contribution in [3.63, 3.8) is 0 Å². The summed E-state index contributed by atoms with van der Waals surface area (Å²) in [4.78, 5) is 30.3. The molecule has 1 aliphatic carbocycles. The Morgan fingerprint density at radius 3 is 1.10 bits per heavy atom. The van der Waals surface area contributed by atoms with Crippen LogP contribution in [-0.2, 0) is 16.0 Å². The molecular formula is C81H52O3. The second kappa shape index (κ2) is 25.3. The van der Waals surface area contributed by atoms with E-state index >= 15 is 4.79 Å². The van der Waals surface area contributed by atoms with E-state index in [4.69, 9.17) is 4.74 Å². The first kappa shape index (κ1) is 53.1. The SMILES string of the molecule is O=C1C(c2ccccc2)=C(c2ccc(Oc3ccc(/C(=C(\C(=O)Cc4ccccc4)c4ccccc4)c4ccc(C#Cc5ccccc5)cc4)cc3)cc2)C(c2cc(C#Cc3ccccc3)cc(C#Cc3ccccc3)c2)=C1c1ccccc1. The summed E-state index contributed by atoms with van der Waals surface area (Å²) < 4.78 is 6.66. The molecule has 1 aliphatic rings. The third-order valence-electron chi connectivity index (χ3n) is 14.4. The molecule has 3 nitrogen and oxygen atoms in total. The highest BCUT2D eigenvalue weighted by Crippen LogP contribution is 2.50. The maximum Gasteiger partial charge on any atom is 0.195 e. The summed E-state index contributed by atoms with van der Waals surface area (Å²) in [5, 5.41) is 0. The van der Waals surface area contributed by atoms with Crippen LogP contribution in [0, 0.1) is 35.5 Å². The van der Waals surface area contributed by atoms with Crippen molar-refractivity contribution in [2.75, 3.05) is 0 Å². The lowest BCUT2D eigenvalue weighted by atomic mass is 9.85. The summed E-state index contributed by atoms with van der Waals surface area (Å²) in [6.07, 6.45) is 0.232. The molecule has 11 aromatic rings. The van der Waals surface area contributed by atoms with Crippen LogP contribution >= 0.6 is 0 Å². The van der Waals surface area contributed by atoms with Crippen LogP contribution in [0.25, 0.3) is 33.4 Å². The fraction of sp³-hybridized carbons (Fsp3) is 0.0123.